The molecule has 0 saturated heterocycles. The van der Waals surface area contributed by atoms with Crippen LogP contribution in [0.3, 0.4) is 0 Å². The molecule has 0 atom stereocenters. The van der Waals surface area contributed by atoms with E-state index >= 15 is 0 Å². The van der Waals surface area contributed by atoms with E-state index in [-0.39, 0.29) is 0 Å². The number of aryl methyl sites for hydroxylation is 3. The van der Waals surface area contributed by atoms with Crippen LogP contribution < -0.4 is 0 Å². The van der Waals surface area contributed by atoms with Crippen LogP contribution in [0.2, 0.25) is 0 Å². The molecule has 0 spiro atoms. The fraction of sp³-hybridized carbons (Fsp3) is 0.273. The van der Waals surface area contributed by atoms with Crippen LogP contribution in [0.1, 0.15) is 47.6 Å². The Balaban J connectivity index is 1.95. The van der Waals surface area contributed by atoms with Crippen molar-refractivity contribution in [3.63, 3.8) is 0 Å². The van der Waals surface area contributed by atoms with Crippen molar-refractivity contribution in [1.82, 2.24) is 0 Å². The van der Waals surface area contributed by atoms with Crippen LogP contribution in [0.4, 0.5) is 0 Å². The summed E-state index contributed by atoms with van der Waals surface area (Å²) < 4.78 is 0. The van der Waals surface area contributed by atoms with E-state index in [4.69, 9.17) is 0 Å². The fourth-order valence-electron chi connectivity index (χ4n) is 2.51. The van der Waals surface area contributed by atoms with E-state index in [9.17, 15) is 0 Å². The monoisotopic (exact) mass is 290 g/mol. The largest absolute Gasteiger partial charge is 0.0654 e. The molecule has 0 saturated carbocycles. The Bertz CT molecular complexity index is 642. The van der Waals surface area contributed by atoms with Gasteiger partial charge in [0.2, 0.25) is 0 Å². The average Bonchev–Trinajstić information content (AvgIpc) is 2.52. The second-order valence-electron chi connectivity index (χ2n) is 5.92. The molecular weight excluding hydrogens is 264 g/mol. The zero-order valence-corrected chi connectivity index (χ0v) is 14.0. The van der Waals surface area contributed by atoms with Crippen LogP contribution in [-0.4, -0.2) is 0 Å². The van der Waals surface area contributed by atoms with E-state index in [0.29, 0.717) is 0 Å². The van der Waals surface area contributed by atoms with E-state index in [1.807, 2.05) is 0 Å². The van der Waals surface area contributed by atoms with Crippen LogP contribution in [0, 0.1) is 13.8 Å². The normalized spacial score (nSPS) is 11.6. The molecule has 0 fully saturated rings. The number of benzene rings is 2. The first-order valence-corrected chi connectivity index (χ1v) is 8.20. The van der Waals surface area contributed by atoms with Gasteiger partial charge in [-0.05, 0) is 48.9 Å². The molecule has 0 aliphatic rings. The van der Waals surface area contributed by atoms with Gasteiger partial charge in [0.25, 0.3) is 0 Å². The Labute approximate surface area is 135 Å². The topological polar surface area (TPSA) is 0 Å². The van der Waals surface area contributed by atoms with Crippen LogP contribution in [0.5, 0.6) is 0 Å². The smallest absolute Gasteiger partial charge is 0.0227 e. The maximum Gasteiger partial charge on any atom is -0.0227 e. The number of unbranched alkanes of at least 4 members (excludes halogenated alkanes) is 1. The van der Waals surface area contributed by atoms with Gasteiger partial charge in [0.15, 0.2) is 0 Å². The second kappa shape index (κ2) is 8.38. The summed E-state index contributed by atoms with van der Waals surface area (Å²) in [5.74, 6) is 0. The number of hydrogen-bond donors (Lipinski definition) is 0. The first-order chi connectivity index (χ1) is 10.7. The van der Waals surface area contributed by atoms with Crippen LogP contribution in [0.15, 0.2) is 54.6 Å². The van der Waals surface area contributed by atoms with Gasteiger partial charge in [-0.25, -0.2) is 0 Å². The van der Waals surface area contributed by atoms with E-state index in [2.05, 4.69) is 87.5 Å². The van der Waals surface area contributed by atoms with Crippen LogP contribution in [0.25, 0.3) is 12.2 Å². The van der Waals surface area contributed by atoms with Crippen LogP contribution in [-0.2, 0) is 6.42 Å². The first-order valence-electron chi connectivity index (χ1n) is 8.20. The quantitative estimate of drug-likeness (QED) is 0.542. The third-order valence-electron chi connectivity index (χ3n) is 3.90. The van der Waals surface area contributed by atoms with Crippen LogP contribution >= 0.6 is 0 Å². The molecular formula is C22H26. The summed E-state index contributed by atoms with van der Waals surface area (Å²) in [6.45, 7) is 6.52. The molecule has 2 rings (SSSR count). The summed E-state index contributed by atoms with van der Waals surface area (Å²) in [5.41, 5.74) is 6.61. The molecule has 0 aromatic heterocycles. The summed E-state index contributed by atoms with van der Waals surface area (Å²) in [6, 6.07) is 15.4. The number of allylic oxidation sites excluding steroid dienone is 2. The van der Waals surface area contributed by atoms with Crippen molar-refractivity contribution in [2.75, 3.05) is 0 Å². The van der Waals surface area contributed by atoms with E-state index in [1.54, 1.807) is 0 Å². The maximum absolute atomic E-state index is 2.24. The lowest BCUT2D eigenvalue weighted by molar-refractivity contribution is 0.795. The SMILES string of the molecule is CCCCc1ccc(C=CC=Cc2ccc(C)cc2C)cc1. The summed E-state index contributed by atoms with van der Waals surface area (Å²) in [5, 5.41) is 0. The molecule has 0 nitrogen and oxygen atoms in total. The van der Waals surface area contributed by atoms with Crippen molar-refractivity contribution in [3.8, 4) is 0 Å². The van der Waals surface area contributed by atoms with Gasteiger partial charge in [0, 0.05) is 0 Å². The highest BCUT2D eigenvalue weighted by molar-refractivity contribution is 5.59. The average molecular weight is 290 g/mol. The van der Waals surface area contributed by atoms with Gasteiger partial charge in [0.05, 0.1) is 0 Å². The van der Waals surface area contributed by atoms with E-state index in [1.165, 1.54) is 47.1 Å². The molecule has 22 heavy (non-hydrogen) atoms. The summed E-state index contributed by atoms with van der Waals surface area (Å²) in [6.07, 6.45) is 12.3. The van der Waals surface area contributed by atoms with Crippen molar-refractivity contribution < 1.29 is 0 Å². The van der Waals surface area contributed by atoms with Crippen molar-refractivity contribution in [2.24, 2.45) is 0 Å². The summed E-state index contributed by atoms with van der Waals surface area (Å²) in [4.78, 5) is 0. The zero-order valence-electron chi connectivity index (χ0n) is 14.0. The highest BCUT2D eigenvalue weighted by Crippen LogP contribution is 2.13. The lowest BCUT2D eigenvalue weighted by atomic mass is 10.0. The molecule has 0 radical (unpaired) electrons. The molecule has 0 N–H and O–H groups in total. The molecule has 0 amide bonds. The second-order valence-corrected chi connectivity index (χ2v) is 5.92. The Morgan fingerprint density at radius 3 is 2.27 bits per heavy atom. The van der Waals surface area contributed by atoms with Gasteiger partial charge < -0.3 is 0 Å². The minimum Gasteiger partial charge on any atom is -0.0654 e. The number of rotatable bonds is 6. The fourth-order valence-corrected chi connectivity index (χ4v) is 2.51. The molecule has 0 heterocycles. The Kier molecular flexibility index (Phi) is 6.21. The van der Waals surface area contributed by atoms with Crippen molar-refractivity contribution >= 4 is 12.2 Å². The van der Waals surface area contributed by atoms with Crippen molar-refractivity contribution in [1.29, 1.82) is 0 Å². The molecule has 2 aromatic rings. The molecule has 0 aliphatic heterocycles. The van der Waals surface area contributed by atoms with Gasteiger partial charge in [0.1, 0.15) is 0 Å². The highest BCUT2D eigenvalue weighted by Gasteiger charge is 1.93. The minimum atomic E-state index is 1.19. The summed E-state index contributed by atoms with van der Waals surface area (Å²) >= 11 is 0. The third kappa shape index (κ3) is 5.04. The Morgan fingerprint density at radius 2 is 1.59 bits per heavy atom. The van der Waals surface area contributed by atoms with Gasteiger partial charge in [-0.1, -0.05) is 85.7 Å². The van der Waals surface area contributed by atoms with Gasteiger partial charge in [-0.3, -0.25) is 0 Å². The lowest BCUT2D eigenvalue weighted by Crippen LogP contribution is -1.84. The molecule has 2 aromatic carbocycles. The van der Waals surface area contributed by atoms with Gasteiger partial charge in [-0.2, -0.15) is 0 Å². The predicted molar refractivity (Wildman–Crippen MR) is 99.0 cm³/mol. The van der Waals surface area contributed by atoms with E-state index < -0.39 is 0 Å². The highest BCUT2D eigenvalue weighted by atomic mass is 14.0. The lowest BCUT2D eigenvalue weighted by Gasteiger charge is -2.01. The molecule has 0 bridgehead atoms. The Hall–Kier alpha value is -2.08. The van der Waals surface area contributed by atoms with Crippen molar-refractivity contribution in [3.05, 3.63) is 82.4 Å². The number of hydrogen-bond acceptors (Lipinski definition) is 0. The standard InChI is InChI=1S/C22H26/c1-4-5-8-20-12-14-21(15-13-20)9-6-7-10-22-16-11-18(2)17-19(22)3/h6-7,9-17H,4-5,8H2,1-3H3. The molecule has 0 heteroatoms. The zero-order chi connectivity index (χ0) is 15.8. The predicted octanol–water partition coefficient (Wildman–Crippen LogP) is 6.37. The molecule has 114 valence electrons. The van der Waals surface area contributed by atoms with Crippen molar-refractivity contribution in [2.45, 2.75) is 40.0 Å². The van der Waals surface area contributed by atoms with E-state index in [0.717, 1.165) is 0 Å². The van der Waals surface area contributed by atoms with Gasteiger partial charge in [-0.15, -0.1) is 0 Å². The minimum absolute atomic E-state index is 1.19. The molecule has 0 aliphatic carbocycles. The van der Waals surface area contributed by atoms with Gasteiger partial charge >= 0.3 is 0 Å². The Morgan fingerprint density at radius 1 is 0.864 bits per heavy atom. The molecule has 0 unspecified atom stereocenters. The third-order valence-corrected chi connectivity index (χ3v) is 3.90. The summed E-state index contributed by atoms with van der Waals surface area (Å²) in [7, 11) is 0. The first kappa shape index (κ1) is 16.3. The maximum atomic E-state index is 2.24.